The van der Waals surface area contributed by atoms with Crippen LogP contribution in [0, 0.1) is 23.2 Å². The van der Waals surface area contributed by atoms with Crippen LogP contribution in [0.4, 0.5) is 0 Å². The second-order valence-corrected chi connectivity index (χ2v) is 9.54. The Kier molecular flexibility index (Phi) is 4.84. The van der Waals surface area contributed by atoms with Crippen LogP contribution in [0.2, 0.25) is 0 Å². The SMILES string of the molecule is C[C@H](NC(=O)C12CC3CC(CC(C3)C1)C2)C(=O)OCc1ccc(Br)cc1. The lowest BCUT2D eigenvalue weighted by Gasteiger charge is -2.55. The molecule has 0 heterocycles. The van der Waals surface area contributed by atoms with E-state index in [1.807, 2.05) is 24.3 Å². The molecule has 0 aliphatic heterocycles. The van der Waals surface area contributed by atoms with Gasteiger partial charge in [0, 0.05) is 9.89 Å². The fraction of sp³-hybridized carbons (Fsp3) is 0.619. The first kappa shape index (κ1) is 18.0. The summed E-state index contributed by atoms with van der Waals surface area (Å²) in [4.78, 5) is 25.3. The van der Waals surface area contributed by atoms with Gasteiger partial charge in [0.25, 0.3) is 0 Å². The third-order valence-corrected chi connectivity index (χ3v) is 7.04. The quantitative estimate of drug-likeness (QED) is 0.726. The fourth-order valence-corrected chi connectivity index (χ4v) is 5.92. The molecule has 4 aliphatic carbocycles. The number of halogens is 1. The van der Waals surface area contributed by atoms with E-state index in [-0.39, 0.29) is 23.9 Å². The number of carbonyl (C=O) groups is 2. The molecule has 1 atom stereocenters. The summed E-state index contributed by atoms with van der Waals surface area (Å²) < 4.78 is 6.37. The highest BCUT2D eigenvalue weighted by Gasteiger charge is 2.54. The van der Waals surface area contributed by atoms with Crippen molar-refractivity contribution >= 4 is 27.8 Å². The van der Waals surface area contributed by atoms with Gasteiger partial charge in [0.05, 0.1) is 0 Å². The molecule has 0 saturated heterocycles. The summed E-state index contributed by atoms with van der Waals surface area (Å²) in [5, 5.41) is 2.96. The van der Waals surface area contributed by atoms with Gasteiger partial charge in [-0.3, -0.25) is 4.79 Å². The van der Waals surface area contributed by atoms with E-state index >= 15 is 0 Å². The van der Waals surface area contributed by atoms with Gasteiger partial charge < -0.3 is 10.1 Å². The standard InChI is InChI=1S/C21H26BrNO3/c1-13(19(24)26-12-14-2-4-18(22)5-3-14)23-20(25)21-9-15-6-16(10-21)8-17(7-15)11-21/h2-5,13,15-17H,6-12H2,1H3,(H,23,25)/t13-,15?,16?,17?,21?/m0/s1. The molecule has 26 heavy (non-hydrogen) atoms. The predicted molar refractivity (Wildman–Crippen MR) is 102 cm³/mol. The minimum Gasteiger partial charge on any atom is -0.459 e. The summed E-state index contributed by atoms with van der Waals surface area (Å²) in [7, 11) is 0. The number of hydrogen-bond acceptors (Lipinski definition) is 3. The Morgan fingerprint density at radius 2 is 1.65 bits per heavy atom. The van der Waals surface area contributed by atoms with Crippen molar-refractivity contribution in [1.82, 2.24) is 5.32 Å². The number of benzene rings is 1. The first-order chi connectivity index (χ1) is 12.4. The second-order valence-electron chi connectivity index (χ2n) is 8.63. The number of rotatable bonds is 5. The Labute approximate surface area is 163 Å². The van der Waals surface area contributed by atoms with Gasteiger partial charge >= 0.3 is 5.97 Å². The highest BCUT2D eigenvalue weighted by molar-refractivity contribution is 9.10. The minimum atomic E-state index is -0.606. The van der Waals surface area contributed by atoms with Crippen LogP contribution in [0.5, 0.6) is 0 Å². The van der Waals surface area contributed by atoms with Crippen molar-refractivity contribution in [3.8, 4) is 0 Å². The molecule has 4 fully saturated rings. The van der Waals surface area contributed by atoms with Gasteiger partial charge in [-0.25, -0.2) is 4.79 Å². The van der Waals surface area contributed by atoms with E-state index in [0.717, 1.165) is 29.3 Å². The number of esters is 1. The third-order valence-electron chi connectivity index (χ3n) is 6.52. The lowest BCUT2D eigenvalue weighted by atomic mass is 9.49. The lowest BCUT2D eigenvalue weighted by molar-refractivity contribution is -0.154. The highest BCUT2D eigenvalue weighted by atomic mass is 79.9. The Morgan fingerprint density at radius 1 is 1.12 bits per heavy atom. The average Bonchev–Trinajstić information content (AvgIpc) is 2.59. The van der Waals surface area contributed by atoms with Gasteiger partial charge in [0.2, 0.25) is 5.91 Å². The zero-order valence-corrected chi connectivity index (χ0v) is 16.8. The second kappa shape index (κ2) is 6.99. The maximum absolute atomic E-state index is 13.0. The molecule has 0 spiro atoms. The third kappa shape index (κ3) is 3.55. The zero-order chi connectivity index (χ0) is 18.3. The molecule has 1 aromatic carbocycles. The maximum Gasteiger partial charge on any atom is 0.328 e. The van der Waals surface area contributed by atoms with Gasteiger partial charge in [0.15, 0.2) is 0 Å². The summed E-state index contributed by atoms with van der Waals surface area (Å²) in [5.74, 6) is 1.85. The molecule has 4 bridgehead atoms. The van der Waals surface area contributed by atoms with E-state index in [4.69, 9.17) is 4.74 Å². The molecule has 1 aromatic rings. The monoisotopic (exact) mass is 419 g/mol. The van der Waals surface area contributed by atoms with Crippen molar-refractivity contribution in [2.75, 3.05) is 0 Å². The van der Waals surface area contributed by atoms with Crippen LogP contribution in [0.25, 0.3) is 0 Å². The van der Waals surface area contributed by atoms with Crippen molar-refractivity contribution in [2.45, 2.75) is 58.1 Å². The number of hydrogen-bond donors (Lipinski definition) is 1. The van der Waals surface area contributed by atoms with Crippen LogP contribution in [0.1, 0.15) is 51.0 Å². The van der Waals surface area contributed by atoms with Crippen molar-refractivity contribution in [2.24, 2.45) is 23.2 Å². The summed E-state index contributed by atoms with van der Waals surface area (Å²) in [6.45, 7) is 1.95. The van der Waals surface area contributed by atoms with E-state index in [1.54, 1.807) is 6.92 Å². The molecule has 140 valence electrons. The van der Waals surface area contributed by atoms with E-state index in [2.05, 4.69) is 21.2 Å². The van der Waals surface area contributed by atoms with Crippen molar-refractivity contribution < 1.29 is 14.3 Å². The molecular formula is C21H26BrNO3. The fourth-order valence-electron chi connectivity index (χ4n) is 5.66. The minimum absolute atomic E-state index is 0.0738. The Balaban J connectivity index is 1.32. The maximum atomic E-state index is 13.0. The molecule has 0 radical (unpaired) electrons. The molecule has 4 aliphatic rings. The predicted octanol–water partition coefficient (Wildman–Crippen LogP) is 4.21. The van der Waals surface area contributed by atoms with Crippen LogP contribution in [0.3, 0.4) is 0 Å². The van der Waals surface area contributed by atoms with Crippen LogP contribution >= 0.6 is 15.9 Å². The molecule has 4 nitrogen and oxygen atoms in total. The Hall–Kier alpha value is -1.36. The lowest BCUT2D eigenvalue weighted by Crippen LogP contribution is -2.55. The molecule has 0 unspecified atom stereocenters. The van der Waals surface area contributed by atoms with Crippen LogP contribution in [-0.2, 0) is 20.9 Å². The summed E-state index contributed by atoms with van der Waals surface area (Å²) in [6.07, 6.45) is 6.93. The average molecular weight is 420 g/mol. The molecular weight excluding hydrogens is 394 g/mol. The van der Waals surface area contributed by atoms with Crippen LogP contribution in [-0.4, -0.2) is 17.9 Å². The van der Waals surface area contributed by atoms with Gasteiger partial charge in [-0.2, -0.15) is 0 Å². The smallest absolute Gasteiger partial charge is 0.328 e. The van der Waals surface area contributed by atoms with Gasteiger partial charge in [-0.15, -0.1) is 0 Å². The van der Waals surface area contributed by atoms with Crippen molar-refractivity contribution in [3.63, 3.8) is 0 Å². The molecule has 0 aromatic heterocycles. The molecule has 1 amide bonds. The van der Waals surface area contributed by atoms with Gasteiger partial charge in [-0.05, 0) is 80.9 Å². The van der Waals surface area contributed by atoms with E-state index in [0.29, 0.717) is 17.8 Å². The van der Waals surface area contributed by atoms with E-state index in [9.17, 15) is 9.59 Å². The summed E-state index contributed by atoms with van der Waals surface area (Å²) >= 11 is 3.39. The van der Waals surface area contributed by atoms with Crippen molar-refractivity contribution in [3.05, 3.63) is 34.3 Å². The summed E-state index contributed by atoms with van der Waals surface area (Å²) in [5.41, 5.74) is 0.704. The topological polar surface area (TPSA) is 55.4 Å². The number of ether oxygens (including phenoxy) is 1. The zero-order valence-electron chi connectivity index (χ0n) is 15.2. The van der Waals surface area contributed by atoms with Crippen LogP contribution in [0.15, 0.2) is 28.7 Å². The molecule has 1 N–H and O–H groups in total. The number of carbonyl (C=O) groups excluding carboxylic acids is 2. The normalized spacial score (nSPS) is 32.9. The van der Waals surface area contributed by atoms with E-state index in [1.165, 1.54) is 19.3 Å². The first-order valence-electron chi connectivity index (χ1n) is 9.65. The van der Waals surface area contributed by atoms with Gasteiger partial charge in [0.1, 0.15) is 12.6 Å². The Bertz CT molecular complexity index is 664. The Morgan fingerprint density at radius 3 is 2.19 bits per heavy atom. The number of amides is 1. The highest BCUT2D eigenvalue weighted by Crippen LogP contribution is 2.60. The van der Waals surface area contributed by atoms with Crippen LogP contribution < -0.4 is 5.32 Å². The largest absolute Gasteiger partial charge is 0.459 e. The first-order valence-corrected chi connectivity index (χ1v) is 10.4. The molecule has 5 heteroatoms. The molecule has 4 saturated carbocycles. The number of nitrogens with one attached hydrogen (secondary N) is 1. The molecule has 5 rings (SSSR count). The van der Waals surface area contributed by atoms with E-state index < -0.39 is 6.04 Å². The van der Waals surface area contributed by atoms with Crippen molar-refractivity contribution in [1.29, 1.82) is 0 Å². The summed E-state index contributed by atoms with van der Waals surface area (Å²) in [6, 6.07) is 7.06. The van der Waals surface area contributed by atoms with Gasteiger partial charge in [-0.1, -0.05) is 28.1 Å².